The number of carbonyl (C=O) groups excluding carboxylic acids is 1. The van der Waals surface area contributed by atoms with Gasteiger partial charge in [0.15, 0.2) is 0 Å². The number of hydrogen-bond donors (Lipinski definition) is 1. The molecule has 27 heavy (non-hydrogen) atoms. The van der Waals surface area contributed by atoms with Gasteiger partial charge in [0.05, 0.1) is 12.1 Å². The first kappa shape index (κ1) is 20.2. The second-order valence-electron chi connectivity index (χ2n) is 9.43. The summed E-state index contributed by atoms with van der Waals surface area (Å²) in [6.45, 7) is 11.2. The van der Waals surface area contributed by atoms with Crippen molar-refractivity contribution in [3.8, 4) is 0 Å². The predicted octanol–water partition coefficient (Wildman–Crippen LogP) is 5.01. The Hall–Kier alpha value is -1.55. The van der Waals surface area contributed by atoms with Gasteiger partial charge in [-0.25, -0.2) is 4.79 Å². The van der Waals surface area contributed by atoms with Crippen LogP contribution in [0.1, 0.15) is 65.0 Å². The summed E-state index contributed by atoms with van der Waals surface area (Å²) in [7, 11) is 0. The molecule has 4 nitrogen and oxygen atoms in total. The van der Waals surface area contributed by atoms with E-state index in [2.05, 4.69) is 45.1 Å². The molecule has 2 fully saturated rings. The lowest BCUT2D eigenvalue weighted by atomic mass is 9.78. The van der Waals surface area contributed by atoms with Gasteiger partial charge in [0.2, 0.25) is 0 Å². The van der Waals surface area contributed by atoms with Crippen LogP contribution < -0.4 is 5.32 Å². The smallest absolute Gasteiger partial charge is 0.317 e. The van der Waals surface area contributed by atoms with Crippen LogP contribution >= 0.6 is 0 Å². The highest BCUT2D eigenvalue weighted by Gasteiger charge is 2.36. The van der Waals surface area contributed by atoms with Crippen molar-refractivity contribution in [3.05, 3.63) is 35.9 Å². The first-order valence-electron chi connectivity index (χ1n) is 10.6. The molecule has 0 bridgehead atoms. The van der Waals surface area contributed by atoms with Crippen LogP contribution in [-0.2, 0) is 4.74 Å². The molecular weight excluding hydrogens is 336 g/mol. The molecular formula is C23H36N2O2. The highest BCUT2D eigenvalue weighted by Crippen LogP contribution is 2.35. The normalized spacial score (nSPS) is 24.3. The van der Waals surface area contributed by atoms with Crippen LogP contribution in [-0.4, -0.2) is 36.7 Å². The second-order valence-corrected chi connectivity index (χ2v) is 9.43. The number of nitrogens with zero attached hydrogens (tertiary/aromatic N) is 1. The summed E-state index contributed by atoms with van der Waals surface area (Å²) in [5.41, 5.74) is 1.29. The largest absolute Gasteiger partial charge is 0.377 e. The van der Waals surface area contributed by atoms with Crippen molar-refractivity contribution in [2.75, 3.05) is 19.7 Å². The van der Waals surface area contributed by atoms with Gasteiger partial charge < -0.3 is 15.0 Å². The number of rotatable bonds is 6. The van der Waals surface area contributed by atoms with E-state index in [9.17, 15) is 4.79 Å². The third-order valence-corrected chi connectivity index (χ3v) is 5.98. The summed E-state index contributed by atoms with van der Waals surface area (Å²) < 4.78 is 6.07. The van der Waals surface area contributed by atoms with Crippen molar-refractivity contribution in [2.24, 2.45) is 17.3 Å². The molecule has 2 amide bonds. The number of hydrogen-bond acceptors (Lipinski definition) is 2. The zero-order valence-corrected chi connectivity index (χ0v) is 17.4. The summed E-state index contributed by atoms with van der Waals surface area (Å²) in [6, 6.07) is 10.5. The topological polar surface area (TPSA) is 41.6 Å². The second kappa shape index (κ2) is 8.64. The first-order chi connectivity index (χ1) is 12.9. The van der Waals surface area contributed by atoms with E-state index < -0.39 is 0 Å². The summed E-state index contributed by atoms with van der Waals surface area (Å²) >= 11 is 0. The number of ether oxygens (including phenoxy) is 1. The van der Waals surface area contributed by atoms with E-state index >= 15 is 0 Å². The van der Waals surface area contributed by atoms with Crippen LogP contribution in [0.3, 0.4) is 0 Å². The molecule has 150 valence electrons. The Labute approximate surface area is 164 Å². The molecule has 1 aliphatic carbocycles. The minimum Gasteiger partial charge on any atom is -0.377 e. The zero-order chi connectivity index (χ0) is 19.4. The maximum atomic E-state index is 13.1. The minimum absolute atomic E-state index is 0.0662. The van der Waals surface area contributed by atoms with E-state index in [0.717, 1.165) is 26.0 Å². The number of benzene rings is 1. The van der Waals surface area contributed by atoms with Gasteiger partial charge in [-0.15, -0.1) is 0 Å². The van der Waals surface area contributed by atoms with Crippen molar-refractivity contribution in [3.63, 3.8) is 0 Å². The van der Waals surface area contributed by atoms with Crippen molar-refractivity contribution < 1.29 is 9.53 Å². The fourth-order valence-corrected chi connectivity index (χ4v) is 4.24. The van der Waals surface area contributed by atoms with Gasteiger partial charge in [-0.3, -0.25) is 0 Å². The van der Waals surface area contributed by atoms with E-state index in [1.807, 2.05) is 23.1 Å². The average Bonchev–Trinajstić information content (AvgIpc) is 3.48. The quantitative estimate of drug-likeness (QED) is 0.762. The predicted molar refractivity (Wildman–Crippen MR) is 110 cm³/mol. The third kappa shape index (κ3) is 5.47. The molecule has 2 aliphatic rings. The molecule has 3 rings (SSSR count). The van der Waals surface area contributed by atoms with E-state index in [4.69, 9.17) is 4.74 Å². The van der Waals surface area contributed by atoms with Gasteiger partial charge in [-0.1, -0.05) is 51.1 Å². The van der Waals surface area contributed by atoms with E-state index in [0.29, 0.717) is 18.4 Å². The Kier molecular flexibility index (Phi) is 6.46. The van der Waals surface area contributed by atoms with Crippen LogP contribution in [0.5, 0.6) is 0 Å². The molecule has 1 aromatic carbocycles. The fraction of sp³-hybridized carbons (Fsp3) is 0.696. The monoisotopic (exact) mass is 372 g/mol. The van der Waals surface area contributed by atoms with E-state index in [1.165, 1.54) is 18.4 Å². The summed E-state index contributed by atoms with van der Waals surface area (Å²) in [6.07, 6.45) is 4.90. The number of nitrogens with one attached hydrogen (secondary N) is 1. The van der Waals surface area contributed by atoms with Crippen molar-refractivity contribution in [1.29, 1.82) is 0 Å². The van der Waals surface area contributed by atoms with Gasteiger partial charge in [0, 0.05) is 25.6 Å². The van der Waals surface area contributed by atoms with Crippen molar-refractivity contribution in [1.82, 2.24) is 10.2 Å². The highest BCUT2D eigenvalue weighted by molar-refractivity contribution is 5.74. The van der Waals surface area contributed by atoms with E-state index in [-0.39, 0.29) is 23.6 Å². The lowest BCUT2D eigenvalue weighted by Crippen LogP contribution is -2.48. The fourth-order valence-electron chi connectivity index (χ4n) is 4.24. The Balaban J connectivity index is 1.63. The maximum Gasteiger partial charge on any atom is 0.317 e. The minimum atomic E-state index is 0.0662. The molecule has 1 saturated carbocycles. The molecule has 1 aliphatic heterocycles. The van der Waals surface area contributed by atoms with E-state index in [1.54, 1.807) is 0 Å². The summed E-state index contributed by atoms with van der Waals surface area (Å²) in [5.74, 6) is 1.06. The Bertz CT molecular complexity index is 607. The van der Waals surface area contributed by atoms with Gasteiger partial charge in [0.25, 0.3) is 0 Å². The third-order valence-electron chi connectivity index (χ3n) is 5.98. The molecule has 3 atom stereocenters. The molecule has 1 saturated heterocycles. The van der Waals surface area contributed by atoms with Crippen molar-refractivity contribution >= 4 is 6.03 Å². The van der Waals surface area contributed by atoms with Gasteiger partial charge in [-0.2, -0.15) is 0 Å². The molecule has 4 heteroatoms. The number of amides is 2. The molecule has 1 N–H and O–H groups in total. The molecule has 3 unspecified atom stereocenters. The van der Waals surface area contributed by atoms with Crippen LogP contribution in [0.2, 0.25) is 0 Å². The van der Waals surface area contributed by atoms with Crippen molar-refractivity contribution in [2.45, 2.75) is 65.5 Å². The van der Waals surface area contributed by atoms with Gasteiger partial charge in [0.1, 0.15) is 0 Å². The zero-order valence-electron chi connectivity index (χ0n) is 17.4. The molecule has 0 aromatic heterocycles. The summed E-state index contributed by atoms with van der Waals surface area (Å²) in [5, 5.41) is 3.25. The standard InChI is InChI=1S/C23H36N2O2/c1-17(19-9-6-5-7-10-19)25(16-18-12-13-18)22(26)24-15-20-11-8-14-27-21(20)23(2,3)4/h5-7,9-10,17-18,20-21H,8,11-16H2,1-4H3,(H,24,26). The number of carbonyl (C=O) groups is 1. The highest BCUT2D eigenvalue weighted by atomic mass is 16.5. The Morgan fingerprint density at radius 2 is 1.93 bits per heavy atom. The summed E-state index contributed by atoms with van der Waals surface area (Å²) in [4.78, 5) is 15.1. The maximum absolute atomic E-state index is 13.1. The van der Waals surface area contributed by atoms with Gasteiger partial charge in [-0.05, 0) is 49.5 Å². The molecule has 0 radical (unpaired) electrons. The SMILES string of the molecule is CC(c1ccccc1)N(CC1CC1)C(=O)NCC1CCCOC1C(C)(C)C. The average molecular weight is 373 g/mol. The number of urea groups is 1. The lowest BCUT2D eigenvalue weighted by molar-refractivity contribution is -0.0839. The Morgan fingerprint density at radius 1 is 1.22 bits per heavy atom. The lowest BCUT2D eigenvalue weighted by Gasteiger charge is -2.40. The molecule has 1 heterocycles. The van der Waals surface area contributed by atoms with Gasteiger partial charge >= 0.3 is 6.03 Å². The Morgan fingerprint density at radius 3 is 2.56 bits per heavy atom. The van der Waals surface area contributed by atoms with Crippen LogP contribution in [0, 0.1) is 17.3 Å². The molecule has 0 spiro atoms. The van der Waals surface area contributed by atoms with Crippen LogP contribution in [0.25, 0.3) is 0 Å². The molecule has 1 aromatic rings. The van der Waals surface area contributed by atoms with Crippen LogP contribution in [0.4, 0.5) is 4.79 Å². The van der Waals surface area contributed by atoms with Crippen LogP contribution in [0.15, 0.2) is 30.3 Å². The first-order valence-corrected chi connectivity index (χ1v) is 10.6.